The maximum absolute atomic E-state index is 12.6. The van der Waals surface area contributed by atoms with Gasteiger partial charge in [-0.2, -0.15) is 5.10 Å². The highest BCUT2D eigenvalue weighted by Crippen LogP contribution is 2.26. The number of hydrogen-bond acceptors (Lipinski definition) is 5. The zero-order valence-electron chi connectivity index (χ0n) is 19.5. The fourth-order valence-corrected chi connectivity index (χ4v) is 3.84. The van der Waals surface area contributed by atoms with Gasteiger partial charge in [0.15, 0.2) is 12.5 Å². The lowest BCUT2D eigenvalue weighted by Gasteiger charge is -2.09. The van der Waals surface area contributed by atoms with Crippen LogP contribution in [0.4, 0.5) is 5.69 Å². The second kappa shape index (κ2) is 9.77. The molecule has 0 atom stereocenters. The first kappa shape index (κ1) is 22.3. The van der Waals surface area contributed by atoms with E-state index in [1.165, 1.54) is 5.56 Å². The van der Waals surface area contributed by atoms with Gasteiger partial charge in [0.2, 0.25) is 0 Å². The molecule has 35 heavy (non-hydrogen) atoms. The number of carbonyl (C=O) groups is 1. The second-order valence-electron chi connectivity index (χ2n) is 8.30. The van der Waals surface area contributed by atoms with Crippen LogP contribution in [0.15, 0.2) is 89.6 Å². The number of amides is 1. The van der Waals surface area contributed by atoms with Crippen molar-refractivity contribution >= 4 is 22.4 Å². The average molecular weight is 468 g/mol. The van der Waals surface area contributed by atoms with Crippen LogP contribution in [0.5, 0.6) is 11.5 Å². The van der Waals surface area contributed by atoms with E-state index in [-0.39, 0.29) is 25.0 Å². The van der Waals surface area contributed by atoms with Crippen LogP contribution in [-0.4, -0.2) is 15.7 Å². The number of fused-ring (bicyclic) bond motifs is 1. The van der Waals surface area contributed by atoms with Crippen molar-refractivity contribution in [2.75, 3.05) is 5.32 Å². The van der Waals surface area contributed by atoms with E-state index in [4.69, 9.17) is 13.9 Å². The van der Waals surface area contributed by atoms with Gasteiger partial charge in [-0.1, -0.05) is 54.1 Å². The summed E-state index contributed by atoms with van der Waals surface area (Å²) in [7, 11) is 0. The van der Waals surface area contributed by atoms with Gasteiger partial charge in [0.25, 0.3) is 5.91 Å². The van der Waals surface area contributed by atoms with Crippen molar-refractivity contribution < 1.29 is 18.7 Å². The van der Waals surface area contributed by atoms with Crippen LogP contribution in [0.3, 0.4) is 0 Å². The Morgan fingerprint density at radius 1 is 0.971 bits per heavy atom. The SMILES string of the molecule is Cc1ccc(OCn2cc(NC(=O)c3ccc(COc4cccc5ccccc45)o3)cn2)c(C)c1. The lowest BCUT2D eigenvalue weighted by molar-refractivity contribution is 0.0992. The molecule has 0 saturated heterocycles. The number of rotatable bonds is 8. The first-order valence-electron chi connectivity index (χ1n) is 11.3. The van der Waals surface area contributed by atoms with Gasteiger partial charge in [-0.05, 0) is 49.1 Å². The van der Waals surface area contributed by atoms with Crippen LogP contribution in [0.2, 0.25) is 0 Å². The van der Waals surface area contributed by atoms with Gasteiger partial charge < -0.3 is 19.2 Å². The first-order chi connectivity index (χ1) is 17.0. The van der Waals surface area contributed by atoms with Crippen LogP contribution in [0.1, 0.15) is 27.4 Å². The number of aryl methyl sites for hydroxylation is 2. The van der Waals surface area contributed by atoms with E-state index < -0.39 is 0 Å². The minimum atomic E-state index is -0.365. The Kier molecular flexibility index (Phi) is 6.22. The Labute approximate surface area is 202 Å². The molecule has 3 aromatic carbocycles. The summed E-state index contributed by atoms with van der Waals surface area (Å²) in [5.74, 6) is 1.95. The maximum Gasteiger partial charge on any atom is 0.291 e. The fraction of sp³-hybridized carbons (Fsp3) is 0.143. The fourth-order valence-electron chi connectivity index (χ4n) is 3.84. The summed E-state index contributed by atoms with van der Waals surface area (Å²) in [4.78, 5) is 12.6. The molecule has 7 nitrogen and oxygen atoms in total. The van der Waals surface area contributed by atoms with E-state index in [2.05, 4.69) is 16.5 Å². The molecule has 5 rings (SSSR count). The third-order valence-corrected chi connectivity index (χ3v) is 5.58. The standard InChI is InChI=1S/C28H25N3O4/c1-19-10-12-25(20(2)14-19)34-18-31-16-22(15-29-31)30-28(32)27-13-11-23(35-27)17-33-26-9-5-7-21-6-3-4-8-24(21)26/h3-16H,17-18H2,1-2H3,(H,30,32). The summed E-state index contributed by atoms with van der Waals surface area (Å²) in [6, 6.07) is 23.3. The zero-order chi connectivity index (χ0) is 24.2. The average Bonchev–Trinajstić information content (AvgIpc) is 3.52. The number of hydrogen-bond donors (Lipinski definition) is 1. The predicted molar refractivity (Wildman–Crippen MR) is 134 cm³/mol. The van der Waals surface area contributed by atoms with Crippen LogP contribution < -0.4 is 14.8 Å². The van der Waals surface area contributed by atoms with Crippen LogP contribution in [0, 0.1) is 13.8 Å². The molecule has 0 bridgehead atoms. The molecule has 0 aliphatic rings. The lowest BCUT2D eigenvalue weighted by Crippen LogP contribution is -2.10. The van der Waals surface area contributed by atoms with Gasteiger partial charge in [0.1, 0.15) is 23.9 Å². The maximum atomic E-state index is 12.6. The van der Waals surface area contributed by atoms with E-state index in [9.17, 15) is 4.79 Å². The smallest absolute Gasteiger partial charge is 0.291 e. The van der Waals surface area contributed by atoms with E-state index in [1.807, 2.05) is 68.4 Å². The molecule has 0 radical (unpaired) electrons. The molecule has 0 unspecified atom stereocenters. The monoisotopic (exact) mass is 467 g/mol. The van der Waals surface area contributed by atoms with Crippen molar-refractivity contribution in [2.24, 2.45) is 0 Å². The topological polar surface area (TPSA) is 78.5 Å². The molecular formula is C28H25N3O4. The van der Waals surface area contributed by atoms with Crippen molar-refractivity contribution in [1.29, 1.82) is 0 Å². The Morgan fingerprint density at radius 2 is 1.83 bits per heavy atom. The van der Waals surface area contributed by atoms with Gasteiger partial charge in [0, 0.05) is 5.39 Å². The van der Waals surface area contributed by atoms with E-state index in [1.54, 1.807) is 29.2 Å². The largest absolute Gasteiger partial charge is 0.485 e. The normalized spacial score (nSPS) is 10.9. The Bertz CT molecular complexity index is 1480. The molecule has 7 heteroatoms. The van der Waals surface area contributed by atoms with Gasteiger partial charge in [0.05, 0.1) is 18.1 Å². The van der Waals surface area contributed by atoms with Crippen molar-refractivity contribution in [3.05, 3.63) is 108 Å². The van der Waals surface area contributed by atoms with Crippen LogP contribution in [0.25, 0.3) is 10.8 Å². The number of carbonyl (C=O) groups excluding carboxylic acids is 1. The molecular weight excluding hydrogens is 442 g/mol. The number of aromatic nitrogens is 2. The molecule has 5 aromatic rings. The molecule has 1 N–H and O–H groups in total. The van der Waals surface area contributed by atoms with Crippen LogP contribution in [-0.2, 0) is 13.3 Å². The highest BCUT2D eigenvalue weighted by Gasteiger charge is 2.13. The van der Waals surface area contributed by atoms with Gasteiger partial charge >= 0.3 is 0 Å². The quantitative estimate of drug-likeness (QED) is 0.298. The molecule has 176 valence electrons. The number of benzene rings is 3. The van der Waals surface area contributed by atoms with E-state index in [0.29, 0.717) is 11.4 Å². The van der Waals surface area contributed by atoms with Gasteiger partial charge in [-0.25, -0.2) is 4.68 Å². The van der Waals surface area contributed by atoms with Gasteiger partial charge in [-0.15, -0.1) is 0 Å². The summed E-state index contributed by atoms with van der Waals surface area (Å²) in [6.07, 6.45) is 3.27. The molecule has 0 spiro atoms. The molecule has 0 aliphatic carbocycles. The number of nitrogens with zero attached hydrogens (tertiary/aromatic N) is 2. The summed E-state index contributed by atoms with van der Waals surface area (Å²) in [5, 5.41) is 9.17. The molecule has 2 heterocycles. The number of nitrogens with one attached hydrogen (secondary N) is 1. The van der Waals surface area contributed by atoms with E-state index in [0.717, 1.165) is 27.8 Å². The number of furan rings is 1. The summed E-state index contributed by atoms with van der Waals surface area (Å²) >= 11 is 0. The molecule has 0 saturated carbocycles. The Balaban J connectivity index is 1.17. The lowest BCUT2D eigenvalue weighted by atomic mass is 10.1. The van der Waals surface area contributed by atoms with Crippen molar-refractivity contribution in [3.8, 4) is 11.5 Å². The Morgan fingerprint density at radius 3 is 2.71 bits per heavy atom. The molecule has 0 fully saturated rings. The number of anilines is 1. The van der Waals surface area contributed by atoms with Crippen molar-refractivity contribution in [3.63, 3.8) is 0 Å². The molecule has 2 aromatic heterocycles. The van der Waals surface area contributed by atoms with Crippen molar-refractivity contribution in [1.82, 2.24) is 9.78 Å². The highest BCUT2D eigenvalue weighted by atomic mass is 16.5. The van der Waals surface area contributed by atoms with Crippen molar-refractivity contribution in [2.45, 2.75) is 27.2 Å². The highest BCUT2D eigenvalue weighted by molar-refractivity contribution is 6.02. The minimum Gasteiger partial charge on any atom is -0.485 e. The first-order valence-corrected chi connectivity index (χ1v) is 11.3. The predicted octanol–water partition coefficient (Wildman–Crippen LogP) is 6.11. The Hall–Kier alpha value is -4.52. The minimum absolute atomic E-state index is 0.195. The summed E-state index contributed by atoms with van der Waals surface area (Å²) in [6.45, 7) is 4.49. The number of ether oxygens (including phenoxy) is 2. The third kappa shape index (κ3) is 5.19. The summed E-state index contributed by atoms with van der Waals surface area (Å²) in [5.41, 5.74) is 2.79. The molecule has 1 amide bonds. The van der Waals surface area contributed by atoms with Crippen LogP contribution >= 0.6 is 0 Å². The van der Waals surface area contributed by atoms with Gasteiger partial charge in [-0.3, -0.25) is 4.79 Å². The van der Waals surface area contributed by atoms with E-state index >= 15 is 0 Å². The summed E-state index contributed by atoms with van der Waals surface area (Å²) < 4.78 is 19.1. The third-order valence-electron chi connectivity index (χ3n) is 5.58. The zero-order valence-corrected chi connectivity index (χ0v) is 19.5. The second-order valence-corrected chi connectivity index (χ2v) is 8.30. The molecule has 0 aliphatic heterocycles.